The molecule has 4 nitrogen and oxygen atoms in total. The van der Waals surface area contributed by atoms with Crippen LogP contribution in [0, 0.1) is 12.7 Å². The Hall–Kier alpha value is -2.47. The van der Waals surface area contributed by atoms with Gasteiger partial charge in [-0.05, 0) is 30.7 Å². The molecule has 1 N–H and O–H groups in total. The molecule has 114 valence electrons. The van der Waals surface area contributed by atoms with Gasteiger partial charge in [0.1, 0.15) is 11.3 Å². The standard InChI is InChI=1S/C17H13FN4S/c1-10-6-7-14-12(8-10)15-16(19-14)20-17(22-21-15)23-9-11-4-2-3-5-13(11)18/h2-8H,9H2,1H3,(H,19,20,22). The Morgan fingerprint density at radius 1 is 1.13 bits per heavy atom. The molecule has 0 radical (unpaired) electrons. The Balaban J connectivity index is 1.66. The second-order valence-corrected chi connectivity index (χ2v) is 6.29. The summed E-state index contributed by atoms with van der Waals surface area (Å²) in [6.07, 6.45) is 0. The van der Waals surface area contributed by atoms with Crippen LogP contribution in [-0.4, -0.2) is 20.2 Å². The molecule has 0 spiro atoms. The predicted octanol–water partition coefficient (Wildman–Crippen LogP) is 4.25. The first-order chi connectivity index (χ1) is 11.2. The molecule has 0 fully saturated rings. The summed E-state index contributed by atoms with van der Waals surface area (Å²) in [6.45, 7) is 2.04. The van der Waals surface area contributed by atoms with E-state index in [1.165, 1.54) is 23.4 Å². The van der Waals surface area contributed by atoms with Crippen LogP contribution in [0.4, 0.5) is 4.39 Å². The van der Waals surface area contributed by atoms with Gasteiger partial charge in [0.05, 0.1) is 0 Å². The van der Waals surface area contributed by atoms with E-state index in [4.69, 9.17) is 0 Å². The van der Waals surface area contributed by atoms with Gasteiger partial charge in [-0.2, -0.15) is 0 Å². The number of aromatic amines is 1. The third kappa shape index (κ3) is 2.66. The zero-order valence-corrected chi connectivity index (χ0v) is 13.2. The van der Waals surface area contributed by atoms with E-state index in [1.54, 1.807) is 12.1 Å². The number of thioether (sulfide) groups is 1. The van der Waals surface area contributed by atoms with Crippen molar-refractivity contribution in [1.82, 2.24) is 20.2 Å². The van der Waals surface area contributed by atoms with Gasteiger partial charge < -0.3 is 4.98 Å². The maximum atomic E-state index is 13.6. The molecule has 4 aromatic rings. The quantitative estimate of drug-likeness (QED) is 0.573. The van der Waals surface area contributed by atoms with Gasteiger partial charge in [0.25, 0.3) is 0 Å². The van der Waals surface area contributed by atoms with Gasteiger partial charge in [-0.3, -0.25) is 0 Å². The van der Waals surface area contributed by atoms with E-state index in [2.05, 4.69) is 26.2 Å². The Bertz CT molecular complexity index is 1010. The van der Waals surface area contributed by atoms with Gasteiger partial charge in [0.2, 0.25) is 5.16 Å². The van der Waals surface area contributed by atoms with Crippen molar-refractivity contribution in [2.24, 2.45) is 0 Å². The van der Waals surface area contributed by atoms with Gasteiger partial charge in [-0.1, -0.05) is 41.6 Å². The number of hydrogen-bond acceptors (Lipinski definition) is 4. The first kappa shape index (κ1) is 14.1. The van der Waals surface area contributed by atoms with Crippen LogP contribution >= 0.6 is 11.8 Å². The molecule has 2 aromatic heterocycles. The van der Waals surface area contributed by atoms with Gasteiger partial charge in [0, 0.05) is 16.7 Å². The van der Waals surface area contributed by atoms with E-state index in [0.717, 1.165) is 16.4 Å². The Morgan fingerprint density at radius 3 is 2.87 bits per heavy atom. The molecule has 0 aliphatic heterocycles. The lowest BCUT2D eigenvalue weighted by molar-refractivity contribution is 0.617. The number of nitrogens with zero attached hydrogens (tertiary/aromatic N) is 3. The molecule has 23 heavy (non-hydrogen) atoms. The number of nitrogens with one attached hydrogen (secondary N) is 1. The van der Waals surface area contributed by atoms with E-state index in [1.807, 2.05) is 25.1 Å². The summed E-state index contributed by atoms with van der Waals surface area (Å²) < 4.78 is 13.6. The van der Waals surface area contributed by atoms with Crippen LogP contribution in [0.25, 0.3) is 22.1 Å². The summed E-state index contributed by atoms with van der Waals surface area (Å²) in [5, 5.41) is 10.0. The fourth-order valence-electron chi connectivity index (χ4n) is 2.49. The second-order valence-electron chi connectivity index (χ2n) is 5.35. The minimum absolute atomic E-state index is 0.213. The number of hydrogen-bond donors (Lipinski definition) is 1. The smallest absolute Gasteiger partial charge is 0.211 e. The lowest BCUT2D eigenvalue weighted by Crippen LogP contribution is -1.93. The number of H-pyrrole nitrogens is 1. The number of aromatic nitrogens is 4. The highest BCUT2D eigenvalue weighted by molar-refractivity contribution is 7.98. The van der Waals surface area contributed by atoms with Crippen molar-refractivity contribution in [1.29, 1.82) is 0 Å². The molecule has 0 amide bonds. The lowest BCUT2D eigenvalue weighted by Gasteiger charge is -2.01. The van der Waals surface area contributed by atoms with Crippen molar-refractivity contribution in [3.8, 4) is 0 Å². The molecule has 0 unspecified atom stereocenters. The van der Waals surface area contributed by atoms with Crippen molar-refractivity contribution < 1.29 is 4.39 Å². The molecular formula is C17H13FN4S. The number of fused-ring (bicyclic) bond motifs is 3. The predicted molar refractivity (Wildman–Crippen MR) is 89.9 cm³/mol. The van der Waals surface area contributed by atoms with Crippen LogP contribution in [-0.2, 0) is 5.75 Å². The molecule has 0 aliphatic carbocycles. The molecule has 0 saturated heterocycles. The molecule has 2 heterocycles. The second kappa shape index (κ2) is 5.62. The molecule has 4 rings (SSSR count). The van der Waals surface area contributed by atoms with Crippen molar-refractivity contribution >= 4 is 33.8 Å². The van der Waals surface area contributed by atoms with Crippen LogP contribution in [0.2, 0.25) is 0 Å². The topological polar surface area (TPSA) is 54.5 Å². The average molecular weight is 324 g/mol. The fourth-order valence-corrected chi connectivity index (χ4v) is 3.26. The molecule has 0 saturated carbocycles. The van der Waals surface area contributed by atoms with E-state index in [9.17, 15) is 4.39 Å². The van der Waals surface area contributed by atoms with Crippen LogP contribution < -0.4 is 0 Å². The molecule has 6 heteroatoms. The van der Waals surface area contributed by atoms with Crippen LogP contribution in [0.3, 0.4) is 0 Å². The van der Waals surface area contributed by atoms with Gasteiger partial charge in [0.15, 0.2) is 5.65 Å². The van der Waals surface area contributed by atoms with Crippen LogP contribution in [0.5, 0.6) is 0 Å². The summed E-state index contributed by atoms with van der Waals surface area (Å²) in [6, 6.07) is 12.8. The third-order valence-electron chi connectivity index (χ3n) is 3.67. The van der Waals surface area contributed by atoms with Crippen molar-refractivity contribution in [2.75, 3.05) is 0 Å². The summed E-state index contributed by atoms with van der Waals surface area (Å²) in [5.41, 5.74) is 4.26. The van der Waals surface area contributed by atoms with Crippen LogP contribution in [0.15, 0.2) is 47.6 Å². The van der Waals surface area contributed by atoms with Gasteiger partial charge >= 0.3 is 0 Å². The van der Waals surface area contributed by atoms with Crippen molar-refractivity contribution in [3.63, 3.8) is 0 Å². The molecule has 0 bridgehead atoms. The maximum absolute atomic E-state index is 13.6. The number of aryl methyl sites for hydroxylation is 1. The van der Waals surface area contributed by atoms with Gasteiger partial charge in [-0.25, -0.2) is 9.37 Å². The third-order valence-corrected chi connectivity index (χ3v) is 4.55. The van der Waals surface area contributed by atoms with E-state index >= 15 is 0 Å². The summed E-state index contributed by atoms with van der Waals surface area (Å²) in [7, 11) is 0. The fraction of sp³-hybridized carbons (Fsp3) is 0.118. The van der Waals surface area contributed by atoms with E-state index in [0.29, 0.717) is 22.1 Å². The highest BCUT2D eigenvalue weighted by Gasteiger charge is 2.10. The highest BCUT2D eigenvalue weighted by Crippen LogP contribution is 2.26. The summed E-state index contributed by atoms with van der Waals surface area (Å²) >= 11 is 1.37. The van der Waals surface area contributed by atoms with Crippen LogP contribution in [0.1, 0.15) is 11.1 Å². The molecule has 0 atom stereocenters. The highest BCUT2D eigenvalue weighted by atomic mass is 32.2. The Labute approximate surface area is 136 Å². The summed E-state index contributed by atoms with van der Waals surface area (Å²) in [4.78, 5) is 7.75. The number of benzene rings is 2. The molecular weight excluding hydrogens is 311 g/mol. The zero-order chi connectivity index (χ0) is 15.8. The van der Waals surface area contributed by atoms with Gasteiger partial charge in [-0.15, -0.1) is 10.2 Å². The van der Waals surface area contributed by atoms with E-state index in [-0.39, 0.29) is 5.82 Å². The average Bonchev–Trinajstić information content (AvgIpc) is 2.91. The SMILES string of the molecule is Cc1ccc2[nH]c3nc(SCc4ccccc4F)nnc3c2c1. The maximum Gasteiger partial charge on any atom is 0.211 e. The largest absolute Gasteiger partial charge is 0.338 e. The normalized spacial score (nSPS) is 11.4. The first-order valence-electron chi connectivity index (χ1n) is 7.20. The molecule has 2 aromatic carbocycles. The minimum atomic E-state index is -0.213. The summed E-state index contributed by atoms with van der Waals surface area (Å²) in [5.74, 6) is 0.259. The Kier molecular flexibility index (Phi) is 3.46. The number of rotatable bonds is 3. The Morgan fingerprint density at radius 2 is 2.00 bits per heavy atom. The minimum Gasteiger partial charge on any atom is -0.338 e. The van der Waals surface area contributed by atoms with E-state index < -0.39 is 0 Å². The monoisotopic (exact) mass is 324 g/mol. The van der Waals surface area contributed by atoms with Crippen molar-refractivity contribution in [2.45, 2.75) is 17.8 Å². The molecule has 0 aliphatic rings. The van der Waals surface area contributed by atoms with Crippen molar-refractivity contribution in [3.05, 3.63) is 59.4 Å². The first-order valence-corrected chi connectivity index (χ1v) is 8.18. The lowest BCUT2D eigenvalue weighted by atomic mass is 10.2. The number of halogens is 1. The zero-order valence-electron chi connectivity index (χ0n) is 12.4.